The van der Waals surface area contributed by atoms with Crippen LogP contribution in [0.3, 0.4) is 0 Å². The molecule has 0 aliphatic rings. The second kappa shape index (κ2) is 5.14. The molecule has 0 saturated carbocycles. The number of hydrogen-bond acceptors (Lipinski definition) is 3. The molecule has 0 bridgehead atoms. The first-order valence-electron chi connectivity index (χ1n) is 5.43. The minimum Gasteiger partial charge on any atom is -0.507 e. The molecule has 1 atom stereocenters. The minimum absolute atomic E-state index is 0.241. The first kappa shape index (κ1) is 13.4. The maximum absolute atomic E-state index is 13.4. The fraction of sp³-hybridized carbons (Fsp3) is 0.417. The maximum Gasteiger partial charge on any atom is 0.258 e. The van der Waals surface area contributed by atoms with E-state index in [1.807, 2.05) is 6.92 Å². The summed E-state index contributed by atoms with van der Waals surface area (Å²) in [5, 5.41) is 12.1. The van der Waals surface area contributed by atoms with Crippen LogP contribution >= 0.6 is 0 Å². The standard InChI is InChI=1S/C12H17FN2O2/c1-3-12(2,7-14)15-11(17)10-8(13)5-4-6-9(10)16/h4-6,16H,3,7,14H2,1-2H3,(H,15,17). The fourth-order valence-electron chi connectivity index (χ4n) is 1.36. The van der Waals surface area contributed by atoms with Crippen LogP contribution in [0.15, 0.2) is 18.2 Å². The number of phenolic OH excluding ortho intramolecular Hbond substituents is 1. The zero-order valence-corrected chi connectivity index (χ0v) is 9.96. The Morgan fingerprint density at radius 3 is 2.71 bits per heavy atom. The highest BCUT2D eigenvalue weighted by atomic mass is 19.1. The van der Waals surface area contributed by atoms with E-state index >= 15 is 0 Å². The van der Waals surface area contributed by atoms with Gasteiger partial charge in [-0.3, -0.25) is 4.79 Å². The quantitative estimate of drug-likeness (QED) is 0.744. The van der Waals surface area contributed by atoms with Crippen molar-refractivity contribution in [2.45, 2.75) is 25.8 Å². The van der Waals surface area contributed by atoms with Gasteiger partial charge in [-0.1, -0.05) is 13.0 Å². The van der Waals surface area contributed by atoms with Crippen molar-refractivity contribution in [3.8, 4) is 5.75 Å². The molecule has 0 heterocycles. The van der Waals surface area contributed by atoms with Gasteiger partial charge in [-0.05, 0) is 25.5 Å². The number of nitrogens with two attached hydrogens (primary N) is 1. The third-order valence-corrected chi connectivity index (χ3v) is 2.86. The molecule has 0 aromatic heterocycles. The van der Waals surface area contributed by atoms with Gasteiger partial charge in [-0.15, -0.1) is 0 Å². The van der Waals surface area contributed by atoms with E-state index in [2.05, 4.69) is 5.32 Å². The van der Waals surface area contributed by atoms with Crippen LogP contribution in [0.25, 0.3) is 0 Å². The number of benzene rings is 1. The third kappa shape index (κ3) is 2.94. The van der Waals surface area contributed by atoms with E-state index in [1.165, 1.54) is 12.1 Å². The van der Waals surface area contributed by atoms with Crippen molar-refractivity contribution in [2.24, 2.45) is 5.73 Å². The lowest BCUT2D eigenvalue weighted by molar-refractivity contribution is 0.0899. The number of carbonyl (C=O) groups excluding carboxylic acids is 1. The Hall–Kier alpha value is -1.62. The summed E-state index contributed by atoms with van der Waals surface area (Å²) >= 11 is 0. The van der Waals surface area contributed by atoms with Gasteiger partial charge >= 0.3 is 0 Å². The molecule has 4 N–H and O–H groups in total. The van der Waals surface area contributed by atoms with Crippen LogP contribution in [-0.4, -0.2) is 23.1 Å². The van der Waals surface area contributed by atoms with Crippen molar-refractivity contribution in [1.82, 2.24) is 5.32 Å². The summed E-state index contributed by atoms with van der Waals surface area (Å²) in [7, 11) is 0. The predicted molar refractivity (Wildman–Crippen MR) is 63.3 cm³/mol. The number of halogens is 1. The second-order valence-corrected chi connectivity index (χ2v) is 4.21. The SMILES string of the molecule is CCC(C)(CN)NC(=O)c1c(O)cccc1F. The number of aromatic hydroxyl groups is 1. The molecule has 1 unspecified atom stereocenters. The van der Waals surface area contributed by atoms with Gasteiger partial charge in [0, 0.05) is 12.1 Å². The van der Waals surface area contributed by atoms with Crippen molar-refractivity contribution < 1.29 is 14.3 Å². The summed E-state index contributed by atoms with van der Waals surface area (Å²) in [6.45, 7) is 3.88. The predicted octanol–water partition coefficient (Wildman–Crippen LogP) is 1.39. The van der Waals surface area contributed by atoms with Gasteiger partial charge in [0.15, 0.2) is 0 Å². The topological polar surface area (TPSA) is 75.3 Å². The molecule has 4 nitrogen and oxygen atoms in total. The Bertz CT molecular complexity index is 397. The van der Waals surface area contributed by atoms with E-state index in [4.69, 9.17) is 5.73 Å². The number of phenols is 1. The van der Waals surface area contributed by atoms with E-state index in [9.17, 15) is 14.3 Å². The molecule has 1 rings (SSSR count). The molecular weight excluding hydrogens is 223 g/mol. The lowest BCUT2D eigenvalue weighted by Gasteiger charge is -2.28. The number of carbonyl (C=O) groups is 1. The molecule has 0 aliphatic heterocycles. The highest BCUT2D eigenvalue weighted by Crippen LogP contribution is 2.20. The number of amides is 1. The molecule has 5 heteroatoms. The average molecular weight is 240 g/mol. The van der Waals surface area contributed by atoms with E-state index in [-0.39, 0.29) is 17.9 Å². The van der Waals surface area contributed by atoms with Gasteiger partial charge in [0.2, 0.25) is 0 Å². The highest BCUT2D eigenvalue weighted by molar-refractivity contribution is 5.97. The van der Waals surface area contributed by atoms with Gasteiger partial charge in [-0.25, -0.2) is 4.39 Å². The van der Waals surface area contributed by atoms with Gasteiger partial charge < -0.3 is 16.2 Å². The molecule has 0 aliphatic carbocycles. The van der Waals surface area contributed by atoms with E-state index in [1.54, 1.807) is 6.92 Å². The molecule has 17 heavy (non-hydrogen) atoms. The van der Waals surface area contributed by atoms with Crippen LogP contribution in [0.1, 0.15) is 30.6 Å². The van der Waals surface area contributed by atoms with Crippen molar-refractivity contribution in [3.63, 3.8) is 0 Å². The normalized spacial score (nSPS) is 14.1. The Labute approximate surface area is 99.6 Å². The van der Waals surface area contributed by atoms with Gasteiger partial charge in [0.25, 0.3) is 5.91 Å². The van der Waals surface area contributed by atoms with Crippen LogP contribution in [0.5, 0.6) is 5.75 Å². The van der Waals surface area contributed by atoms with E-state index in [0.29, 0.717) is 6.42 Å². The summed E-state index contributed by atoms with van der Waals surface area (Å²) in [5.74, 6) is -1.79. The zero-order valence-electron chi connectivity index (χ0n) is 9.96. The first-order valence-corrected chi connectivity index (χ1v) is 5.43. The van der Waals surface area contributed by atoms with Gasteiger partial charge in [-0.2, -0.15) is 0 Å². The van der Waals surface area contributed by atoms with E-state index < -0.39 is 17.3 Å². The largest absolute Gasteiger partial charge is 0.507 e. The fourth-order valence-corrected chi connectivity index (χ4v) is 1.36. The Morgan fingerprint density at radius 2 is 2.24 bits per heavy atom. The molecule has 0 radical (unpaired) electrons. The highest BCUT2D eigenvalue weighted by Gasteiger charge is 2.26. The average Bonchev–Trinajstić information content (AvgIpc) is 2.28. The molecule has 0 saturated heterocycles. The van der Waals surface area contributed by atoms with Crippen LogP contribution in [0.4, 0.5) is 4.39 Å². The Kier molecular flexibility index (Phi) is 4.07. The second-order valence-electron chi connectivity index (χ2n) is 4.21. The number of hydrogen-bond donors (Lipinski definition) is 3. The molecule has 0 spiro atoms. The summed E-state index contributed by atoms with van der Waals surface area (Å²) in [4.78, 5) is 11.9. The molecule has 1 amide bonds. The van der Waals surface area contributed by atoms with Crippen LogP contribution < -0.4 is 11.1 Å². The Morgan fingerprint density at radius 1 is 1.59 bits per heavy atom. The monoisotopic (exact) mass is 240 g/mol. The van der Waals surface area contributed by atoms with Gasteiger partial charge in [0.1, 0.15) is 17.1 Å². The van der Waals surface area contributed by atoms with Crippen molar-refractivity contribution in [1.29, 1.82) is 0 Å². The van der Waals surface area contributed by atoms with Crippen molar-refractivity contribution >= 4 is 5.91 Å². The summed E-state index contributed by atoms with van der Waals surface area (Å²) < 4.78 is 13.4. The summed E-state index contributed by atoms with van der Waals surface area (Å²) in [6, 6.07) is 3.73. The number of nitrogens with one attached hydrogen (secondary N) is 1. The maximum atomic E-state index is 13.4. The summed E-state index contributed by atoms with van der Waals surface area (Å²) in [5.41, 5.74) is 4.60. The third-order valence-electron chi connectivity index (χ3n) is 2.86. The Balaban J connectivity index is 2.98. The first-order chi connectivity index (χ1) is 7.93. The lowest BCUT2D eigenvalue weighted by atomic mass is 9.98. The molecular formula is C12H17FN2O2. The molecule has 1 aromatic carbocycles. The molecule has 0 fully saturated rings. The van der Waals surface area contributed by atoms with Gasteiger partial charge in [0.05, 0.1) is 0 Å². The van der Waals surface area contributed by atoms with Crippen molar-refractivity contribution in [2.75, 3.05) is 6.54 Å². The molecule has 94 valence electrons. The van der Waals surface area contributed by atoms with Crippen LogP contribution in [0.2, 0.25) is 0 Å². The zero-order chi connectivity index (χ0) is 13.1. The lowest BCUT2D eigenvalue weighted by Crippen LogP contribution is -2.51. The summed E-state index contributed by atoms with van der Waals surface area (Å²) in [6.07, 6.45) is 0.616. The van der Waals surface area contributed by atoms with Crippen molar-refractivity contribution in [3.05, 3.63) is 29.6 Å². The molecule has 1 aromatic rings. The van der Waals surface area contributed by atoms with Crippen LogP contribution in [0, 0.1) is 5.82 Å². The van der Waals surface area contributed by atoms with E-state index in [0.717, 1.165) is 6.07 Å². The van der Waals surface area contributed by atoms with Crippen LogP contribution in [-0.2, 0) is 0 Å². The number of rotatable bonds is 4. The minimum atomic E-state index is -0.752. The smallest absolute Gasteiger partial charge is 0.258 e.